The summed E-state index contributed by atoms with van der Waals surface area (Å²) in [6.07, 6.45) is 0. The Bertz CT molecular complexity index is 818. The fourth-order valence-electron chi connectivity index (χ4n) is 2.80. The van der Waals surface area contributed by atoms with Crippen LogP contribution in [0.25, 0.3) is 11.0 Å². The Morgan fingerprint density at radius 1 is 1.17 bits per heavy atom. The second-order valence-electron chi connectivity index (χ2n) is 5.56. The smallest absolute Gasteiger partial charge is 0.326 e. The zero-order chi connectivity index (χ0) is 16.6. The Hall–Kier alpha value is -2.64. The molecule has 0 saturated carbocycles. The maximum atomic E-state index is 13.2. The van der Waals surface area contributed by atoms with Crippen molar-refractivity contribution in [3.05, 3.63) is 34.5 Å². The lowest BCUT2D eigenvalue weighted by Crippen LogP contribution is -2.51. The van der Waals surface area contributed by atoms with Crippen LogP contribution in [0.2, 0.25) is 0 Å². The van der Waals surface area contributed by atoms with Crippen molar-refractivity contribution in [2.45, 2.75) is 13.5 Å². The van der Waals surface area contributed by atoms with E-state index in [0.29, 0.717) is 37.2 Å². The number of nitrogens with zero attached hydrogens (tertiary/aromatic N) is 3. The summed E-state index contributed by atoms with van der Waals surface area (Å²) in [7, 11) is 0. The molecule has 0 radical (unpaired) electrons. The number of carbonyl (C=O) groups is 2. The van der Waals surface area contributed by atoms with Crippen LogP contribution < -0.4 is 5.69 Å². The molecule has 2 amide bonds. The van der Waals surface area contributed by atoms with E-state index < -0.39 is 11.5 Å². The molecule has 23 heavy (non-hydrogen) atoms. The molecule has 0 atom stereocenters. The van der Waals surface area contributed by atoms with Gasteiger partial charge in [-0.1, -0.05) is 0 Å². The number of halogens is 1. The van der Waals surface area contributed by atoms with E-state index in [1.165, 1.54) is 29.7 Å². The lowest BCUT2D eigenvalue weighted by Gasteiger charge is -2.34. The van der Waals surface area contributed by atoms with Crippen molar-refractivity contribution in [1.82, 2.24) is 19.4 Å². The van der Waals surface area contributed by atoms with Crippen molar-refractivity contribution in [1.29, 1.82) is 0 Å². The van der Waals surface area contributed by atoms with E-state index in [2.05, 4.69) is 4.98 Å². The van der Waals surface area contributed by atoms with Crippen molar-refractivity contribution in [3.63, 3.8) is 0 Å². The average Bonchev–Trinajstić information content (AvgIpc) is 2.82. The summed E-state index contributed by atoms with van der Waals surface area (Å²) in [5.41, 5.74) is 0.414. The first kappa shape index (κ1) is 15.3. The third-order valence-electron chi connectivity index (χ3n) is 4.11. The Morgan fingerprint density at radius 3 is 2.48 bits per heavy atom. The van der Waals surface area contributed by atoms with Crippen LogP contribution in [0.3, 0.4) is 0 Å². The summed E-state index contributed by atoms with van der Waals surface area (Å²) < 4.78 is 14.5. The van der Waals surface area contributed by atoms with Gasteiger partial charge >= 0.3 is 5.69 Å². The second kappa shape index (κ2) is 5.86. The number of carbonyl (C=O) groups excluding carboxylic acids is 2. The molecule has 1 aliphatic rings. The molecule has 8 heteroatoms. The summed E-state index contributed by atoms with van der Waals surface area (Å²) >= 11 is 0. The van der Waals surface area contributed by atoms with Gasteiger partial charge in [0.05, 0.1) is 11.0 Å². The van der Waals surface area contributed by atoms with Crippen LogP contribution in [0, 0.1) is 5.82 Å². The van der Waals surface area contributed by atoms with E-state index in [9.17, 15) is 18.8 Å². The SMILES string of the molecule is CC(=O)N1CCN(C(=O)Cn2c(=O)[nH]c3cc(F)ccc32)CC1. The fourth-order valence-corrected chi connectivity index (χ4v) is 2.80. The molecule has 1 N–H and O–H groups in total. The molecular formula is C15H17FN4O3. The normalized spacial score (nSPS) is 15.2. The molecule has 2 aromatic rings. The molecule has 7 nitrogen and oxygen atoms in total. The zero-order valence-electron chi connectivity index (χ0n) is 12.7. The van der Waals surface area contributed by atoms with E-state index in [0.717, 1.165) is 0 Å². The topological polar surface area (TPSA) is 78.4 Å². The van der Waals surface area contributed by atoms with Crippen molar-refractivity contribution in [3.8, 4) is 0 Å². The number of fused-ring (bicyclic) bond motifs is 1. The van der Waals surface area contributed by atoms with Crippen molar-refractivity contribution in [2.24, 2.45) is 0 Å². The Labute approximate surface area is 131 Å². The number of benzene rings is 1. The molecule has 1 fully saturated rings. The van der Waals surface area contributed by atoms with Crippen LogP contribution in [0.1, 0.15) is 6.92 Å². The van der Waals surface area contributed by atoms with Gasteiger partial charge in [0.1, 0.15) is 12.4 Å². The number of amides is 2. The predicted molar refractivity (Wildman–Crippen MR) is 81.4 cm³/mol. The fraction of sp³-hybridized carbons (Fsp3) is 0.400. The monoisotopic (exact) mass is 320 g/mol. The van der Waals surface area contributed by atoms with Crippen LogP contribution >= 0.6 is 0 Å². The third kappa shape index (κ3) is 2.96. The van der Waals surface area contributed by atoms with E-state index in [-0.39, 0.29) is 18.4 Å². The van der Waals surface area contributed by atoms with Gasteiger partial charge in [-0.15, -0.1) is 0 Å². The molecule has 0 unspecified atom stereocenters. The van der Waals surface area contributed by atoms with Gasteiger partial charge in [0.25, 0.3) is 0 Å². The molecule has 1 aromatic heterocycles. The second-order valence-corrected chi connectivity index (χ2v) is 5.56. The number of hydrogen-bond donors (Lipinski definition) is 1. The van der Waals surface area contributed by atoms with Crippen LogP contribution in [0.4, 0.5) is 4.39 Å². The first-order chi connectivity index (χ1) is 11.0. The Kier molecular flexibility index (Phi) is 3.89. The number of rotatable bonds is 2. The molecule has 1 saturated heterocycles. The summed E-state index contributed by atoms with van der Waals surface area (Å²) in [5, 5.41) is 0. The zero-order valence-corrected chi connectivity index (χ0v) is 12.7. The highest BCUT2D eigenvalue weighted by Gasteiger charge is 2.23. The van der Waals surface area contributed by atoms with E-state index in [4.69, 9.17) is 0 Å². The summed E-state index contributed by atoms with van der Waals surface area (Å²) in [5.74, 6) is -0.648. The number of imidazole rings is 1. The van der Waals surface area contributed by atoms with Gasteiger partial charge in [0, 0.05) is 33.1 Å². The van der Waals surface area contributed by atoms with Crippen molar-refractivity contribution >= 4 is 22.8 Å². The maximum Gasteiger partial charge on any atom is 0.326 e. The van der Waals surface area contributed by atoms with Gasteiger partial charge < -0.3 is 14.8 Å². The lowest BCUT2D eigenvalue weighted by atomic mass is 10.3. The standard InChI is InChI=1S/C15H17FN4O3/c1-10(21)18-4-6-19(7-5-18)14(22)9-20-13-3-2-11(16)8-12(13)17-15(20)23/h2-3,8H,4-7,9H2,1H3,(H,17,23). The average molecular weight is 320 g/mol. The molecule has 0 aliphatic carbocycles. The predicted octanol–water partition coefficient (Wildman–Crippen LogP) is 0.159. The minimum Gasteiger partial charge on any atom is -0.339 e. The minimum atomic E-state index is -0.447. The first-order valence-corrected chi connectivity index (χ1v) is 7.37. The molecule has 0 spiro atoms. The summed E-state index contributed by atoms with van der Waals surface area (Å²) in [4.78, 5) is 41.5. The van der Waals surface area contributed by atoms with Gasteiger partial charge in [-0.3, -0.25) is 14.2 Å². The van der Waals surface area contributed by atoms with Gasteiger partial charge in [-0.25, -0.2) is 9.18 Å². The van der Waals surface area contributed by atoms with Crippen molar-refractivity contribution in [2.75, 3.05) is 26.2 Å². The molecular weight excluding hydrogens is 303 g/mol. The Morgan fingerprint density at radius 2 is 1.83 bits per heavy atom. The largest absolute Gasteiger partial charge is 0.339 e. The number of nitrogens with one attached hydrogen (secondary N) is 1. The first-order valence-electron chi connectivity index (χ1n) is 7.37. The maximum absolute atomic E-state index is 13.2. The van der Waals surface area contributed by atoms with Crippen LogP contribution in [-0.2, 0) is 16.1 Å². The van der Waals surface area contributed by atoms with E-state index in [1.54, 1.807) is 9.80 Å². The third-order valence-corrected chi connectivity index (χ3v) is 4.11. The number of piperazine rings is 1. The minimum absolute atomic E-state index is 0.00743. The van der Waals surface area contributed by atoms with Crippen molar-refractivity contribution < 1.29 is 14.0 Å². The van der Waals surface area contributed by atoms with Crippen LogP contribution in [0.15, 0.2) is 23.0 Å². The van der Waals surface area contributed by atoms with Gasteiger partial charge in [-0.05, 0) is 18.2 Å². The van der Waals surface area contributed by atoms with Crippen LogP contribution in [0.5, 0.6) is 0 Å². The van der Waals surface area contributed by atoms with Gasteiger partial charge in [0.15, 0.2) is 0 Å². The number of aromatic amines is 1. The highest BCUT2D eigenvalue weighted by Crippen LogP contribution is 2.12. The number of aromatic nitrogens is 2. The van der Waals surface area contributed by atoms with E-state index >= 15 is 0 Å². The molecule has 122 valence electrons. The Balaban J connectivity index is 1.75. The number of hydrogen-bond acceptors (Lipinski definition) is 3. The molecule has 2 heterocycles. The summed E-state index contributed by atoms with van der Waals surface area (Å²) in [6, 6.07) is 3.95. The quantitative estimate of drug-likeness (QED) is 0.856. The molecule has 1 aromatic carbocycles. The molecule has 3 rings (SSSR count). The molecule has 0 bridgehead atoms. The number of H-pyrrole nitrogens is 1. The summed E-state index contributed by atoms with van der Waals surface area (Å²) in [6.45, 7) is 3.28. The van der Waals surface area contributed by atoms with E-state index in [1.807, 2.05) is 0 Å². The van der Waals surface area contributed by atoms with Crippen LogP contribution in [-0.4, -0.2) is 57.3 Å². The van der Waals surface area contributed by atoms with Gasteiger partial charge in [0.2, 0.25) is 11.8 Å². The highest BCUT2D eigenvalue weighted by atomic mass is 19.1. The molecule has 1 aliphatic heterocycles. The highest BCUT2D eigenvalue weighted by molar-refractivity contribution is 5.81. The lowest BCUT2D eigenvalue weighted by molar-refractivity contribution is -0.138. The van der Waals surface area contributed by atoms with Gasteiger partial charge in [-0.2, -0.15) is 0 Å².